The van der Waals surface area contributed by atoms with Crippen molar-refractivity contribution >= 4 is 28.5 Å². The Bertz CT molecular complexity index is 658. The number of rotatable bonds is 3. The van der Waals surface area contributed by atoms with E-state index in [1.807, 2.05) is 22.6 Å². The van der Waals surface area contributed by atoms with Crippen molar-refractivity contribution in [3.63, 3.8) is 0 Å². The third-order valence-corrected chi connectivity index (χ3v) is 4.68. The molecule has 10 heteroatoms. The fraction of sp³-hybridized carbons (Fsp3) is 0.545. The van der Waals surface area contributed by atoms with E-state index in [4.69, 9.17) is 4.74 Å². The summed E-state index contributed by atoms with van der Waals surface area (Å²) < 4.78 is 5.76. The van der Waals surface area contributed by atoms with Gasteiger partial charge in [-0.15, -0.1) is 0 Å². The molecule has 2 heterocycles. The summed E-state index contributed by atoms with van der Waals surface area (Å²) in [4.78, 5) is 36.7. The van der Waals surface area contributed by atoms with Crippen molar-refractivity contribution in [2.75, 3.05) is 6.61 Å². The first-order chi connectivity index (χ1) is 9.81. The van der Waals surface area contributed by atoms with Gasteiger partial charge < -0.3 is 20.3 Å². The van der Waals surface area contributed by atoms with E-state index in [2.05, 4.69) is 10.3 Å². The molecule has 0 bridgehead atoms. The predicted molar refractivity (Wildman–Crippen MR) is 78.9 cm³/mol. The van der Waals surface area contributed by atoms with Gasteiger partial charge in [0, 0.05) is 19.2 Å². The second-order valence-electron chi connectivity index (χ2n) is 4.59. The molecule has 0 saturated carbocycles. The number of ether oxygens (including phenoxy) is 1. The molecule has 0 aromatic carbocycles. The Labute approximate surface area is 132 Å². The minimum absolute atomic E-state index is 0.486. The molecular formula is C11H14IN3O6. The zero-order valence-corrected chi connectivity index (χ0v) is 13.1. The van der Waals surface area contributed by atoms with Crippen molar-refractivity contribution in [2.24, 2.45) is 0 Å². The summed E-state index contributed by atoms with van der Waals surface area (Å²) in [5.41, 5.74) is -1.40. The van der Waals surface area contributed by atoms with Crippen molar-refractivity contribution in [3.8, 4) is 0 Å². The van der Waals surface area contributed by atoms with Gasteiger partial charge >= 0.3 is 5.69 Å². The van der Waals surface area contributed by atoms with Crippen LogP contribution < -0.4 is 16.6 Å². The molecule has 0 aliphatic carbocycles. The largest absolute Gasteiger partial charge is 0.394 e. The van der Waals surface area contributed by atoms with Crippen molar-refractivity contribution < 1.29 is 19.7 Å². The monoisotopic (exact) mass is 411 g/mol. The fourth-order valence-corrected chi connectivity index (χ4v) is 3.28. The van der Waals surface area contributed by atoms with E-state index >= 15 is 0 Å². The van der Waals surface area contributed by atoms with Gasteiger partial charge in [0.25, 0.3) is 5.56 Å². The maximum Gasteiger partial charge on any atom is 0.332 e. The SMILES string of the molecule is CC(=O)N[C@@]1(n2ccc(=O)[nH]c2=O)O[C@H](CO)[C@@H](O)[C@H]1I. The van der Waals surface area contributed by atoms with Crippen LogP contribution in [0, 0.1) is 0 Å². The summed E-state index contributed by atoms with van der Waals surface area (Å²) in [6, 6.07) is 1.09. The number of hydrogen-bond donors (Lipinski definition) is 4. The van der Waals surface area contributed by atoms with Crippen molar-refractivity contribution in [2.45, 2.75) is 28.9 Å². The molecule has 1 aromatic heterocycles. The van der Waals surface area contributed by atoms with Crippen LogP contribution in [0.1, 0.15) is 6.92 Å². The van der Waals surface area contributed by atoms with Crippen LogP contribution in [-0.4, -0.2) is 48.4 Å². The normalized spacial score (nSPS) is 32.1. The number of H-pyrrole nitrogens is 1. The molecule has 0 radical (unpaired) electrons. The summed E-state index contributed by atoms with van der Waals surface area (Å²) >= 11 is 1.82. The van der Waals surface area contributed by atoms with Crippen LogP contribution >= 0.6 is 22.6 Å². The van der Waals surface area contributed by atoms with E-state index in [9.17, 15) is 24.6 Å². The molecule has 9 nitrogen and oxygen atoms in total. The molecular weight excluding hydrogens is 397 g/mol. The number of carbonyl (C=O) groups is 1. The third kappa shape index (κ3) is 2.75. The molecule has 1 saturated heterocycles. The minimum atomic E-state index is -1.69. The van der Waals surface area contributed by atoms with E-state index in [1.165, 1.54) is 6.92 Å². The summed E-state index contributed by atoms with van der Waals surface area (Å²) in [7, 11) is 0. The Hall–Kier alpha value is -1.24. The smallest absolute Gasteiger partial charge is 0.332 e. The first-order valence-electron chi connectivity index (χ1n) is 6.04. The molecule has 4 atom stereocenters. The van der Waals surface area contributed by atoms with Crippen molar-refractivity contribution in [1.29, 1.82) is 0 Å². The molecule has 116 valence electrons. The van der Waals surface area contributed by atoms with Gasteiger partial charge in [-0.05, 0) is 0 Å². The lowest BCUT2D eigenvalue weighted by Crippen LogP contribution is -2.59. The maximum atomic E-state index is 12.0. The molecule has 1 aromatic rings. The number of carbonyl (C=O) groups excluding carboxylic acids is 1. The summed E-state index contributed by atoms with van der Waals surface area (Å²) in [5, 5.41) is 21.8. The molecule has 1 fully saturated rings. The lowest BCUT2D eigenvalue weighted by molar-refractivity contribution is -0.153. The van der Waals surface area contributed by atoms with Crippen LogP contribution in [0.4, 0.5) is 0 Å². The highest BCUT2D eigenvalue weighted by atomic mass is 127. The molecule has 4 N–H and O–H groups in total. The molecule has 1 aliphatic heterocycles. The van der Waals surface area contributed by atoms with E-state index in [0.717, 1.165) is 16.8 Å². The maximum absolute atomic E-state index is 12.0. The number of amides is 1. The molecule has 0 unspecified atom stereocenters. The first kappa shape index (κ1) is 16.1. The topological polar surface area (TPSA) is 134 Å². The Morgan fingerprint density at radius 1 is 1.62 bits per heavy atom. The Kier molecular flexibility index (Phi) is 4.51. The van der Waals surface area contributed by atoms with E-state index in [1.54, 1.807) is 0 Å². The van der Waals surface area contributed by atoms with Gasteiger partial charge in [0.2, 0.25) is 11.8 Å². The number of nitrogens with one attached hydrogen (secondary N) is 2. The summed E-state index contributed by atoms with van der Waals surface area (Å²) in [6.07, 6.45) is -0.922. The van der Waals surface area contributed by atoms with Crippen LogP contribution in [0.5, 0.6) is 0 Å². The van der Waals surface area contributed by atoms with E-state index in [0.29, 0.717) is 0 Å². The second kappa shape index (κ2) is 5.87. The first-order valence-corrected chi connectivity index (χ1v) is 7.28. The van der Waals surface area contributed by atoms with E-state index in [-0.39, 0.29) is 0 Å². The fourth-order valence-electron chi connectivity index (χ4n) is 2.21. The number of alkyl halides is 1. The second-order valence-corrected chi connectivity index (χ2v) is 5.93. The van der Waals surface area contributed by atoms with Crippen LogP contribution in [-0.2, 0) is 15.4 Å². The molecule has 1 aliphatic rings. The zero-order chi connectivity index (χ0) is 15.8. The average Bonchev–Trinajstić information content (AvgIpc) is 2.63. The lowest BCUT2D eigenvalue weighted by atomic mass is 10.1. The van der Waals surface area contributed by atoms with Gasteiger partial charge in [0.05, 0.1) is 6.61 Å². The predicted octanol–water partition coefficient (Wildman–Crippen LogP) is -2.16. The van der Waals surface area contributed by atoms with Gasteiger partial charge in [0.1, 0.15) is 16.1 Å². The van der Waals surface area contributed by atoms with Crippen LogP contribution in [0.2, 0.25) is 0 Å². The van der Waals surface area contributed by atoms with Crippen LogP contribution in [0.15, 0.2) is 21.9 Å². The molecule has 21 heavy (non-hydrogen) atoms. The number of hydrogen-bond acceptors (Lipinski definition) is 6. The van der Waals surface area contributed by atoms with Gasteiger partial charge in [-0.1, -0.05) is 22.6 Å². The highest BCUT2D eigenvalue weighted by Gasteiger charge is 2.56. The number of aliphatic hydroxyl groups is 2. The van der Waals surface area contributed by atoms with Gasteiger partial charge in [-0.25, -0.2) is 4.79 Å². The lowest BCUT2D eigenvalue weighted by Gasteiger charge is -2.33. The number of aromatic amines is 1. The zero-order valence-electron chi connectivity index (χ0n) is 10.9. The molecule has 2 rings (SSSR count). The summed E-state index contributed by atoms with van der Waals surface area (Å²) in [6.45, 7) is 0.740. The van der Waals surface area contributed by atoms with Crippen LogP contribution in [0.25, 0.3) is 0 Å². The highest BCUT2D eigenvalue weighted by molar-refractivity contribution is 14.1. The van der Waals surface area contributed by atoms with E-state index < -0.39 is 45.7 Å². The highest BCUT2D eigenvalue weighted by Crippen LogP contribution is 2.37. The number of aliphatic hydroxyl groups excluding tert-OH is 2. The quantitative estimate of drug-likeness (QED) is 0.331. The third-order valence-electron chi connectivity index (χ3n) is 3.10. The van der Waals surface area contributed by atoms with Gasteiger partial charge in [-0.2, -0.15) is 0 Å². The molecule has 1 amide bonds. The van der Waals surface area contributed by atoms with Crippen molar-refractivity contribution in [3.05, 3.63) is 33.1 Å². The van der Waals surface area contributed by atoms with Gasteiger partial charge in [0.15, 0.2) is 0 Å². The summed E-state index contributed by atoms with van der Waals surface area (Å²) in [5.74, 6) is -2.19. The Balaban J connectivity index is 2.60. The Morgan fingerprint density at radius 2 is 2.29 bits per heavy atom. The number of halogens is 1. The standard InChI is InChI=1S/C11H14IN3O6/c1-5(17)14-11(9(12)8(19)6(4-16)21-11)15-3-2-7(18)13-10(15)20/h2-3,6,8-9,16,19H,4H2,1H3,(H,14,17)(H,13,18,20)/t6-,8-,9-,11+/m1/s1. The van der Waals surface area contributed by atoms with Crippen LogP contribution in [0.3, 0.4) is 0 Å². The Morgan fingerprint density at radius 3 is 2.76 bits per heavy atom. The minimum Gasteiger partial charge on any atom is -0.394 e. The van der Waals surface area contributed by atoms with Gasteiger partial charge in [-0.3, -0.25) is 19.1 Å². The average molecular weight is 411 g/mol. The molecule has 0 spiro atoms. The number of aromatic nitrogens is 2. The number of nitrogens with zero attached hydrogens (tertiary/aromatic N) is 1. The van der Waals surface area contributed by atoms with Crippen molar-refractivity contribution in [1.82, 2.24) is 14.9 Å².